The molecule has 142 valence electrons. The number of nitriles is 1. The lowest BCUT2D eigenvalue weighted by atomic mass is 9.69. The molecule has 2 N–H and O–H groups in total. The van der Waals surface area contributed by atoms with Gasteiger partial charge >= 0.3 is 0 Å². The molecule has 0 unspecified atom stereocenters. The zero-order valence-corrected chi connectivity index (χ0v) is 17.1. The van der Waals surface area contributed by atoms with Crippen molar-refractivity contribution in [3.05, 3.63) is 74.9 Å². The Morgan fingerprint density at radius 1 is 1.29 bits per heavy atom. The van der Waals surface area contributed by atoms with Crippen molar-refractivity contribution >= 4 is 22.8 Å². The van der Waals surface area contributed by atoms with E-state index in [1.807, 2.05) is 52.9 Å². The third-order valence-electron chi connectivity index (χ3n) is 5.52. The third kappa shape index (κ3) is 2.94. The van der Waals surface area contributed by atoms with E-state index in [4.69, 9.17) is 5.73 Å². The number of carbonyl (C=O) groups is 1. The molecule has 5 heteroatoms. The molecule has 2 aromatic rings. The van der Waals surface area contributed by atoms with E-state index < -0.39 is 0 Å². The summed E-state index contributed by atoms with van der Waals surface area (Å²) >= 11 is 1.57. The quantitative estimate of drug-likeness (QED) is 0.785. The summed E-state index contributed by atoms with van der Waals surface area (Å²) in [4.78, 5) is 15.2. The maximum atomic E-state index is 13.3. The van der Waals surface area contributed by atoms with Gasteiger partial charge in [-0.15, -0.1) is 0 Å². The van der Waals surface area contributed by atoms with Crippen LogP contribution in [-0.4, -0.2) is 5.78 Å². The topological polar surface area (TPSA) is 70.1 Å². The molecule has 4 rings (SSSR count). The Hall–Kier alpha value is -2.84. The van der Waals surface area contributed by atoms with E-state index in [-0.39, 0.29) is 17.1 Å². The number of thiophene rings is 1. The number of hydrogen-bond donors (Lipinski definition) is 1. The summed E-state index contributed by atoms with van der Waals surface area (Å²) in [5, 5.41) is 14.0. The van der Waals surface area contributed by atoms with Gasteiger partial charge in [-0.05, 0) is 58.8 Å². The lowest BCUT2D eigenvalue weighted by Crippen LogP contribution is -2.42. The summed E-state index contributed by atoms with van der Waals surface area (Å²) in [7, 11) is 0. The fourth-order valence-electron chi connectivity index (χ4n) is 4.34. The predicted octanol–water partition coefficient (Wildman–Crippen LogP) is 5.00. The van der Waals surface area contributed by atoms with Crippen molar-refractivity contribution < 1.29 is 4.79 Å². The molecule has 0 amide bonds. The minimum Gasteiger partial charge on any atom is -0.384 e. The van der Waals surface area contributed by atoms with Gasteiger partial charge in [0.2, 0.25) is 0 Å². The van der Waals surface area contributed by atoms with Gasteiger partial charge in [0.1, 0.15) is 5.82 Å². The van der Waals surface area contributed by atoms with Crippen molar-refractivity contribution in [3.63, 3.8) is 0 Å². The van der Waals surface area contributed by atoms with E-state index in [0.29, 0.717) is 17.8 Å². The zero-order chi connectivity index (χ0) is 20.1. The van der Waals surface area contributed by atoms with Gasteiger partial charge in [-0.25, -0.2) is 0 Å². The Morgan fingerprint density at radius 2 is 2.07 bits per heavy atom. The van der Waals surface area contributed by atoms with Gasteiger partial charge in [-0.2, -0.15) is 16.6 Å². The predicted molar refractivity (Wildman–Crippen MR) is 113 cm³/mol. The number of hydrogen-bond acceptors (Lipinski definition) is 5. The Morgan fingerprint density at radius 3 is 2.71 bits per heavy atom. The van der Waals surface area contributed by atoms with Crippen LogP contribution < -0.4 is 10.6 Å². The smallest absolute Gasteiger partial charge is 0.162 e. The highest BCUT2D eigenvalue weighted by atomic mass is 32.1. The van der Waals surface area contributed by atoms with Gasteiger partial charge in [0.05, 0.1) is 17.6 Å². The number of nitrogens with two attached hydrogens (primary N) is 1. The minimum absolute atomic E-state index is 0.111. The van der Waals surface area contributed by atoms with Crippen molar-refractivity contribution in [1.29, 1.82) is 5.26 Å². The van der Waals surface area contributed by atoms with Crippen LogP contribution in [0, 0.1) is 23.7 Å². The van der Waals surface area contributed by atoms with Crippen LogP contribution in [-0.2, 0) is 4.79 Å². The number of nitrogens with zero attached hydrogens (tertiary/aromatic N) is 2. The number of aryl methyl sites for hydroxylation is 1. The monoisotopic (exact) mass is 389 g/mol. The molecule has 0 bridgehead atoms. The van der Waals surface area contributed by atoms with E-state index in [1.54, 1.807) is 11.3 Å². The second-order valence-corrected chi connectivity index (χ2v) is 9.16. The molecule has 1 aliphatic heterocycles. The molecular weight excluding hydrogens is 366 g/mol. The summed E-state index contributed by atoms with van der Waals surface area (Å²) in [6, 6.07) is 12.3. The normalized spacial score (nSPS) is 21.6. The van der Waals surface area contributed by atoms with Gasteiger partial charge in [0, 0.05) is 23.4 Å². The van der Waals surface area contributed by atoms with Crippen LogP contribution in [0.1, 0.15) is 43.7 Å². The van der Waals surface area contributed by atoms with Crippen molar-refractivity contribution in [2.75, 3.05) is 4.90 Å². The first kappa shape index (κ1) is 18.5. The van der Waals surface area contributed by atoms with Crippen LogP contribution in [0.4, 0.5) is 5.69 Å². The summed E-state index contributed by atoms with van der Waals surface area (Å²) < 4.78 is 0. The molecule has 2 aliphatic rings. The van der Waals surface area contributed by atoms with E-state index in [1.165, 1.54) is 0 Å². The van der Waals surface area contributed by atoms with E-state index in [2.05, 4.69) is 19.9 Å². The van der Waals surface area contributed by atoms with Gasteiger partial charge < -0.3 is 5.73 Å². The van der Waals surface area contributed by atoms with Gasteiger partial charge in [0.25, 0.3) is 0 Å². The number of rotatable bonds is 2. The molecule has 1 atom stereocenters. The van der Waals surface area contributed by atoms with Crippen molar-refractivity contribution in [1.82, 2.24) is 0 Å². The Kier molecular flexibility index (Phi) is 4.40. The average molecular weight is 390 g/mol. The number of Topliss-reactive ketones (excluding diaryl/α,β-unsaturated/α-hetero) is 1. The van der Waals surface area contributed by atoms with Gasteiger partial charge in [-0.3, -0.25) is 9.69 Å². The molecule has 4 nitrogen and oxygen atoms in total. The molecule has 0 saturated carbocycles. The van der Waals surface area contributed by atoms with Crippen LogP contribution in [0.2, 0.25) is 0 Å². The van der Waals surface area contributed by atoms with Crippen LogP contribution in [0.15, 0.2) is 63.8 Å². The average Bonchev–Trinajstić information content (AvgIpc) is 3.14. The van der Waals surface area contributed by atoms with Crippen molar-refractivity contribution in [3.8, 4) is 6.07 Å². The minimum atomic E-state index is -0.379. The molecule has 0 spiro atoms. The molecule has 1 aromatic carbocycles. The van der Waals surface area contributed by atoms with Crippen LogP contribution in [0.25, 0.3) is 0 Å². The van der Waals surface area contributed by atoms with Gasteiger partial charge in [0.15, 0.2) is 5.78 Å². The van der Waals surface area contributed by atoms with Crippen LogP contribution >= 0.6 is 11.3 Å². The first-order valence-corrected chi connectivity index (χ1v) is 10.3. The van der Waals surface area contributed by atoms with Crippen LogP contribution in [0.3, 0.4) is 0 Å². The number of allylic oxidation sites excluding steroid dienone is 3. The molecule has 1 aromatic heterocycles. The molecule has 2 heterocycles. The lowest BCUT2D eigenvalue weighted by molar-refractivity contribution is -0.118. The first-order valence-electron chi connectivity index (χ1n) is 9.37. The fourth-order valence-corrected chi connectivity index (χ4v) is 5.03. The second kappa shape index (κ2) is 6.65. The third-order valence-corrected chi connectivity index (χ3v) is 6.22. The number of carbonyl (C=O) groups excluding carboxylic acids is 1. The highest BCUT2D eigenvalue weighted by Gasteiger charge is 2.44. The molecule has 0 fully saturated rings. The highest BCUT2D eigenvalue weighted by Crippen LogP contribution is 2.50. The van der Waals surface area contributed by atoms with E-state index in [9.17, 15) is 10.1 Å². The van der Waals surface area contributed by atoms with Crippen LogP contribution in [0.5, 0.6) is 0 Å². The summed E-state index contributed by atoms with van der Waals surface area (Å²) in [6.07, 6.45) is 1.22. The maximum Gasteiger partial charge on any atom is 0.162 e. The second-order valence-electron chi connectivity index (χ2n) is 8.38. The highest BCUT2D eigenvalue weighted by molar-refractivity contribution is 7.08. The maximum absolute atomic E-state index is 13.3. The fraction of sp³-hybridized carbons (Fsp3) is 0.304. The largest absolute Gasteiger partial charge is 0.384 e. The Bertz CT molecular complexity index is 1050. The Balaban J connectivity index is 2.00. The molecule has 0 saturated heterocycles. The molecule has 28 heavy (non-hydrogen) atoms. The number of anilines is 1. The first-order chi connectivity index (χ1) is 13.3. The lowest BCUT2D eigenvalue weighted by Gasteiger charge is -2.43. The van der Waals surface area contributed by atoms with E-state index in [0.717, 1.165) is 34.5 Å². The summed E-state index contributed by atoms with van der Waals surface area (Å²) in [6.45, 7) is 6.25. The Labute approximate surface area is 169 Å². The SMILES string of the molecule is Cc1cccc(N2C(N)=C(C#N)[C@@H](c3ccsc3)C3=C2CC(C)(C)CC3=O)c1. The number of benzene rings is 1. The van der Waals surface area contributed by atoms with Crippen molar-refractivity contribution in [2.24, 2.45) is 11.1 Å². The summed E-state index contributed by atoms with van der Waals surface area (Å²) in [5.74, 6) is 0.157. The van der Waals surface area contributed by atoms with E-state index >= 15 is 0 Å². The summed E-state index contributed by atoms with van der Waals surface area (Å²) in [5.41, 5.74) is 11.5. The molecule has 1 aliphatic carbocycles. The van der Waals surface area contributed by atoms with Crippen molar-refractivity contribution in [2.45, 2.75) is 39.5 Å². The zero-order valence-electron chi connectivity index (χ0n) is 16.3. The number of ketones is 1. The molecular formula is C23H23N3OS. The van der Waals surface area contributed by atoms with Gasteiger partial charge in [-0.1, -0.05) is 26.0 Å². The molecule has 0 radical (unpaired) electrons. The standard InChI is InChI=1S/C23H23N3OS/c1-14-5-4-6-16(9-14)26-18-10-23(2,3)11-19(27)21(18)20(15-7-8-28-13-15)17(12-24)22(26)25/h4-9,13,20H,10-11,25H2,1-3H3/t20-/m1/s1.